The van der Waals surface area contributed by atoms with E-state index in [0.717, 1.165) is 28.8 Å². The lowest BCUT2D eigenvalue weighted by Crippen LogP contribution is -2.28. The average Bonchev–Trinajstić information content (AvgIpc) is 3.02. The fourth-order valence-corrected chi connectivity index (χ4v) is 5.85. The lowest BCUT2D eigenvalue weighted by Gasteiger charge is -2.19. The molecular formula is C37H35Cl2F3N2O5S. The monoisotopic (exact) mass is 746 g/mol. The van der Waals surface area contributed by atoms with E-state index in [1.54, 1.807) is 36.4 Å². The van der Waals surface area contributed by atoms with Crippen LogP contribution in [-0.2, 0) is 27.5 Å². The van der Waals surface area contributed by atoms with E-state index in [9.17, 15) is 31.2 Å². The van der Waals surface area contributed by atoms with Gasteiger partial charge in [0.05, 0.1) is 22.3 Å². The molecule has 0 aromatic heterocycles. The highest BCUT2D eigenvalue weighted by molar-refractivity contribution is 7.85. The first-order valence-electron chi connectivity index (χ1n) is 15.4. The summed E-state index contributed by atoms with van der Waals surface area (Å²) in [6.07, 6.45) is -0.214. The zero-order chi connectivity index (χ0) is 36.9. The van der Waals surface area contributed by atoms with E-state index in [1.165, 1.54) is 12.1 Å². The molecule has 0 fully saturated rings. The molecule has 0 saturated carbocycles. The third-order valence-electron chi connectivity index (χ3n) is 7.56. The van der Waals surface area contributed by atoms with Crippen LogP contribution in [0.15, 0.2) is 91.0 Å². The third kappa shape index (κ3) is 11.2. The smallest absolute Gasteiger partial charge is 0.351 e. The van der Waals surface area contributed by atoms with E-state index in [-0.39, 0.29) is 39.9 Å². The lowest BCUT2D eigenvalue weighted by molar-refractivity contribution is -0.137. The number of halogens is 5. The number of anilines is 1. The Labute approximate surface area is 299 Å². The molecule has 0 radical (unpaired) electrons. The number of amides is 2. The second-order valence-corrected chi connectivity index (χ2v) is 15.1. The van der Waals surface area contributed by atoms with E-state index in [1.807, 2.05) is 30.3 Å². The second kappa shape index (κ2) is 15.8. The molecule has 1 atom stereocenters. The van der Waals surface area contributed by atoms with Gasteiger partial charge in [0.2, 0.25) is 5.91 Å². The Kier molecular flexibility index (Phi) is 12.2. The summed E-state index contributed by atoms with van der Waals surface area (Å²) < 4.78 is 70.2. The highest BCUT2D eigenvalue weighted by atomic mass is 35.5. The normalized spacial score (nSPS) is 12.9. The number of hydrogen-bond acceptors (Lipinski definition) is 4. The van der Waals surface area contributed by atoms with Crippen LogP contribution < -0.4 is 10.6 Å². The summed E-state index contributed by atoms with van der Waals surface area (Å²) in [5.74, 6) is -2.18. The molecule has 0 heterocycles. The average molecular weight is 748 g/mol. The molecule has 0 spiro atoms. The van der Waals surface area contributed by atoms with Crippen LogP contribution in [0, 0.1) is 5.41 Å². The zero-order valence-electron chi connectivity index (χ0n) is 27.3. The quantitative estimate of drug-likeness (QED) is 0.133. The number of rotatable bonds is 11. The van der Waals surface area contributed by atoms with Crippen LogP contribution >= 0.6 is 23.2 Å². The van der Waals surface area contributed by atoms with Crippen molar-refractivity contribution in [3.8, 4) is 11.1 Å². The van der Waals surface area contributed by atoms with Crippen molar-refractivity contribution >= 4 is 56.9 Å². The molecule has 50 heavy (non-hydrogen) atoms. The summed E-state index contributed by atoms with van der Waals surface area (Å²) in [6.45, 7) is 6.00. The number of allylic oxidation sites excluding steroid dienone is 1. The highest BCUT2D eigenvalue weighted by Crippen LogP contribution is 2.39. The standard InChI is InChI=1S/C37H35Cl2F3N2O5S/c1-36(2,3)17-16-23-4-8-25(9-5-23)31(20-24-6-10-26(11-7-24)34(45)43-18-19-50(47,48)49)35(46)44-28-13-15-30(33(39)22-28)29-14-12-27(21-32(29)38)37(40,41)42/h4-17,21-22,31H,18-20H2,1-3H3,(H,43,45)(H,44,46)(H,47,48,49). The van der Waals surface area contributed by atoms with Gasteiger partial charge in [-0.25, -0.2) is 0 Å². The van der Waals surface area contributed by atoms with Crippen LogP contribution in [0.5, 0.6) is 0 Å². The van der Waals surface area contributed by atoms with Gasteiger partial charge < -0.3 is 10.6 Å². The number of nitrogens with one attached hydrogen (secondary N) is 2. The number of carbonyl (C=O) groups excluding carboxylic acids is 2. The second-order valence-electron chi connectivity index (χ2n) is 12.7. The van der Waals surface area contributed by atoms with Gasteiger partial charge in [0.15, 0.2) is 0 Å². The molecule has 4 aromatic rings. The Morgan fingerprint density at radius 3 is 2.00 bits per heavy atom. The zero-order valence-corrected chi connectivity index (χ0v) is 29.6. The van der Waals surface area contributed by atoms with Crippen molar-refractivity contribution in [2.24, 2.45) is 5.41 Å². The van der Waals surface area contributed by atoms with Crippen LogP contribution in [0.1, 0.15) is 59.3 Å². The number of alkyl halides is 3. The minimum absolute atomic E-state index is 0.0185. The fourth-order valence-electron chi connectivity index (χ4n) is 4.92. The molecule has 0 aliphatic rings. The van der Waals surface area contributed by atoms with Crippen LogP contribution in [0.2, 0.25) is 10.0 Å². The van der Waals surface area contributed by atoms with Gasteiger partial charge in [-0.05, 0) is 64.9 Å². The maximum atomic E-state index is 13.9. The van der Waals surface area contributed by atoms with E-state index in [2.05, 4.69) is 37.5 Å². The van der Waals surface area contributed by atoms with Crippen molar-refractivity contribution in [2.45, 2.75) is 39.3 Å². The van der Waals surface area contributed by atoms with E-state index in [0.29, 0.717) is 16.8 Å². The van der Waals surface area contributed by atoms with Gasteiger partial charge in [-0.2, -0.15) is 21.6 Å². The highest BCUT2D eigenvalue weighted by Gasteiger charge is 2.31. The van der Waals surface area contributed by atoms with Crippen molar-refractivity contribution in [3.05, 3.63) is 129 Å². The Morgan fingerprint density at radius 1 is 0.860 bits per heavy atom. The largest absolute Gasteiger partial charge is 0.416 e. The summed E-state index contributed by atoms with van der Waals surface area (Å²) in [6, 6.07) is 21.7. The topological polar surface area (TPSA) is 113 Å². The minimum atomic E-state index is -4.55. The molecule has 264 valence electrons. The number of benzene rings is 4. The predicted octanol–water partition coefficient (Wildman–Crippen LogP) is 9.32. The molecule has 13 heteroatoms. The number of hydrogen-bond donors (Lipinski definition) is 3. The lowest BCUT2D eigenvalue weighted by atomic mass is 9.89. The van der Waals surface area contributed by atoms with Crippen molar-refractivity contribution < 1.29 is 35.7 Å². The van der Waals surface area contributed by atoms with Gasteiger partial charge in [0.1, 0.15) is 0 Å². The van der Waals surface area contributed by atoms with Gasteiger partial charge in [-0.1, -0.05) is 105 Å². The first kappa shape index (κ1) is 38.6. The molecule has 0 aliphatic carbocycles. The molecule has 2 amide bonds. The molecule has 1 unspecified atom stereocenters. The van der Waals surface area contributed by atoms with Crippen molar-refractivity contribution in [1.29, 1.82) is 0 Å². The van der Waals surface area contributed by atoms with E-state index < -0.39 is 39.4 Å². The summed E-state index contributed by atoms with van der Waals surface area (Å²) in [5.41, 5.74) is 2.83. The van der Waals surface area contributed by atoms with Crippen molar-refractivity contribution in [1.82, 2.24) is 5.32 Å². The SMILES string of the molecule is CC(C)(C)C=Cc1ccc(C(Cc2ccc(C(=O)NCCS(=O)(=O)O)cc2)C(=O)Nc2ccc(-c3ccc(C(F)(F)F)cc3Cl)c(Cl)c2)cc1. The van der Waals surface area contributed by atoms with Gasteiger partial charge in [0, 0.05) is 33.9 Å². The summed E-state index contributed by atoms with van der Waals surface area (Å²) >= 11 is 12.7. The molecule has 0 bridgehead atoms. The molecule has 4 aromatic carbocycles. The Bertz CT molecular complexity index is 1990. The van der Waals surface area contributed by atoms with Gasteiger partial charge in [-0.3, -0.25) is 14.1 Å². The maximum absolute atomic E-state index is 13.9. The van der Waals surface area contributed by atoms with E-state index >= 15 is 0 Å². The molecule has 4 rings (SSSR count). The number of carbonyl (C=O) groups is 2. The maximum Gasteiger partial charge on any atom is 0.416 e. The predicted molar refractivity (Wildman–Crippen MR) is 192 cm³/mol. The summed E-state index contributed by atoms with van der Waals surface area (Å²) in [5, 5.41) is 5.37. The first-order chi connectivity index (χ1) is 23.3. The Morgan fingerprint density at radius 2 is 1.46 bits per heavy atom. The van der Waals surface area contributed by atoms with Crippen LogP contribution in [0.4, 0.5) is 18.9 Å². The molecule has 0 aliphatic heterocycles. The van der Waals surface area contributed by atoms with Gasteiger partial charge in [0.25, 0.3) is 16.0 Å². The Balaban J connectivity index is 1.57. The molecule has 0 saturated heterocycles. The summed E-state index contributed by atoms with van der Waals surface area (Å²) in [7, 11) is -4.22. The first-order valence-corrected chi connectivity index (χ1v) is 17.7. The summed E-state index contributed by atoms with van der Waals surface area (Å²) in [4.78, 5) is 26.3. The van der Waals surface area contributed by atoms with Crippen LogP contribution in [0.25, 0.3) is 17.2 Å². The van der Waals surface area contributed by atoms with Crippen molar-refractivity contribution in [3.63, 3.8) is 0 Å². The van der Waals surface area contributed by atoms with Crippen molar-refractivity contribution in [2.75, 3.05) is 17.6 Å². The third-order valence-corrected chi connectivity index (χ3v) is 8.90. The molecular weight excluding hydrogens is 712 g/mol. The minimum Gasteiger partial charge on any atom is -0.351 e. The van der Waals surface area contributed by atoms with Crippen LogP contribution in [-0.4, -0.2) is 37.1 Å². The molecule has 7 nitrogen and oxygen atoms in total. The fraction of sp³-hybridized carbons (Fsp3) is 0.243. The van der Waals surface area contributed by atoms with E-state index in [4.69, 9.17) is 27.8 Å². The molecule has 3 N–H and O–H groups in total. The van der Waals surface area contributed by atoms with Gasteiger partial charge in [-0.15, -0.1) is 0 Å². The Hall–Kier alpha value is -4.16. The van der Waals surface area contributed by atoms with Gasteiger partial charge >= 0.3 is 6.18 Å². The van der Waals surface area contributed by atoms with Crippen LogP contribution in [0.3, 0.4) is 0 Å².